The van der Waals surface area contributed by atoms with Gasteiger partial charge in [-0.2, -0.15) is 0 Å². The maximum absolute atomic E-state index is 5.99. The van der Waals surface area contributed by atoms with E-state index in [1.807, 2.05) is 61.5 Å². The molecule has 2 aromatic rings. The fraction of sp³-hybridized carbons (Fsp3) is 0.133. The van der Waals surface area contributed by atoms with Crippen LogP contribution in [0.1, 0.15) is 24.1 Å². The van der Waals surface area contributed by atoms with Crippen molar-refractivity contribution in [1.29, 1.82) is 0 Å². The number of aliphatic imine (C=N–C) groups is 1. The predicted molar refractivity (Wildman–Crippen MR) is 77.0 cm³/mol. The number of benzene rings is 2. The third-order valence-electron chi connectivity index (χ3n) is 2.75. The molecule has 0 aromatic heterocycles. The van der Waals surface area contributed by atoms with Crippen molar-refractivity contribution in [2.24, 2.45) is 10.7 Å². The smallest absolute Gasteiger partial charge is 0.126 e. The normalized spacial score (nSPS) is 13.3. The van der Waals surface area contributed by atoms with Crippen molar-refractivity contribution in [1.82, 2.24) is 0 Å². The van der Waals surface area contributed by atoms with Crippen LogP contribution in [-0.4, -0.2) is 5.84 Å². The lowest BCUT2D eigenvalue weighted by Crippen LogP contribution is -2.14. The van der Waals surface area contributed by atoms with E-state index in [-0.39, 0.29) is 6.04 Å². The van der Waals surface area contributed by atoms with Crippen LogP contribution in [0.25, 0.3) is 0 Å². The summed E-state index contributed by atoms with van der Waals surface area (Å²) >= 11 is 5.86. The molecule has 2 aromatic carbocycles. The Balaban J connectivity index is 2.20. The lowest BCUT2D eigenvalue weighted by molar-refractivity contribution is 0.818. The van der Waals surface area contributed by atoms with E-state index >= 15 is 0 Å². The van der Waals surface area contributed by atoms with Gasteiger partial charge in [-0.05, 0) is 24.6 Å². The molecule has 0 heterocycles. The van der Waals surface area contributed by atoms with Gasteiger partial charge in [0.1, 0.15) is 5.84 Å². The lowest BCUT2D eigenvalue weighted by atomic mass is 10.1. The summed E-state index contributed by atoms with van der Waals surface area (Å²) in [6.07, 6.45) is 0. The highest BCUT2D eigenvalue weighted by Crippen LogP contribution is 2.19. The maximum Gasteiger partial charge on any atom is 0.126 e. The van der Waals surface area contributed by atoms with Crippen LogP contribution in [0.3, 0.4) is 0 Å². The van der Waals surface area contributed by atoms with Crippen molar-refractivity contribution in [3.8, 4) is 0 Å². The van der Waals surface area contributed by atoms with Gasteiger partial charge in [0, 0.05) is 10.6 Å². The molecule has 0 fully saturated rings. The fourth-order valence-corrected chi connectivity index (χ4v) is 1.83. The van der Waals surface area contributed by atoms with E-state index in [1.54, 1.807) is 0 Å². The van der Waals surface area contributed by atoms with Gasteiger partial charge < -0.3 is 5.73 Å². The molecule has 0 saturated heterocycles. The van der Waals surface area contributed by atoms with Crippen LogP contribution in [0.15, 0.2) is 59.6 Å². The summed E-state index contributed by atoms with van der Waals surface area (Å²) in [5.74, 6) is 0.554. The van der Waals surface area contributed by atoms with E-state index in [9.17, 15) is 0 Å². The number of nitrogens with zero attached hydrogens (tertiary/aromatic N) is 1. The minimum Gasteiger partial charge on any atom is -0.383 e. The van der Waals surface area contributed by atoms with E-state index in [4.69, 9.17) is 17.3 Å². The molecule has 92 valence electrons. The molecule has 2 nitrogen and oxygen atoms in total. The molecule has 0 saturated carbocycles. The summed E-state index contributed by atoms with van der Waals surface area (Å²) in [5, 5.41) is 0.728. The van der Waals surface area contributed by atoms with Gasteiger partial charge in [-0.15, -0.1) is 0 Å². The Morgan fingerprint density at radius 1 is 1.06 bits per heavy atom. The standard InChI is InChI=1S/C15H15ClN2/c1-11(12-7-9-14(16)10-8-12)18-15(17)13-5-3-2-4-6-13/h2-11H,1H3,(H2,17,18). The van der Waals surface area contributed by atoms with E-state index < -0.39 is 0 Å². The molecule has 0 spiro atoms. The molecule has 2 N–H and O–H groups in total. The highest BCUT2D eigenvalue weighted by Gasteiger charge is 2.05. The Morgan fingerprint density at radius 2 is 1.67 bits per heavy atom. The fourth-order valence-electron chi connectivity index (χ4n) is 1.71. The third-order valence-corrected chi connectivity index (χ3v) is 3.01. The number of amidine groups is 1. The molecule has 0 aliphatic rings. The largest absolute Gasteiger partial charge is 0.383 e. The lowest BCUT2D eigenvalue weighted by Gasteiger charge is -2.09. The molecule has 3 heteroatoms. The molecule has 0 bridgehead atoms. The van der Waals surface area contributed by atoms with Gasteiger partial charge in [0.2, 0.25) is 0 Å². The molecule has 2 rings (SSSR count). The Hall–Kier alpha value is -1.80. The minimum absolute atomic E-state index is 0.0162. The highest BCUT2D eigenvalue weighted by molar-refractivity contribution is 6.30. The second-order valence-electron chi connectivity index (χ2n) is 4.11. The first-order valence-corrected chi connectivity index (χ1v) is 6.19. The number of rotatable bonds is 3. The maximum atomic E-state index is 5.99. The van der Waals surface area contributed by atoms with Gasteiger partial charge in [0.15, 0.2) is 0 Å². The Labute approximate surface area is 112 Å². The molecule has 0 aliphatic carbocycles. The van der Waals surface area contributed by atoms with Gasteiger partial charge in [-0.1, -0.05) is 54.1 Å². The summed E-state index contributed by atoms with van der Waals surface area (Å²) in [5.41, 5.74) is 8.03. The molecule has 0 radical (unpaired) electrons. The monoisotopic (exact) mass is 258 g/mol. The molecule has 1 atom stereocenters. The van der Waals surface area contributed by atoms with Gasteiger partial charge in [-0.25, -0.2) is 0 Å². The number of nitrogens with two attached hydrogens (primary N) is 1. The van der Waals surface area contributed by atoms with Gasteiger partial charge in [0.25, 0.3) is 0 Å². The van der Waals surface area contributed by atoms with Crippen molar-refractivity contribution >= 4 is 17.4 Å². The van der Waals surface area contributed by atoms with Crippen molar-refractivity contribution in [3.05, 3.63) is 70.7 Å². The van der Waals surface area contributed by atoms with E-state index in [2.05, 4.69) is 4.99 Å². The first kappa shape index (κ1) is 12.7. The SMILES string of the molecule is CC(N=C(N)c1ccccc1)c1ccc(Cl)cc1. The zero-order chi connectivity index (χ0) is 13.0. The number of hydrogen-bond donors (Lipinski definition) is 1. The summed E-state index contributed by atoms with van der Waals surface area (Å²) < 4.78 is 0. The molecular formula is C15H15ClN2. The molecule has 0 aliphatic heterocycles. The zero-order valence-corrected chi connectivity index (χ0v) is 10.9. The minimum atomic E-state index is 0.0162. The molecular weight excluding hydrogens is 244 g/mol. The Kier molecular flexibility index (Phi) is 4.00. The summed E-state index contributed by atoms with van der Waals surface area (Å²) in [4.78, 5) is 4.50. The highest BCUT2D eigenvalue weighted by atomic mass is 35.5. The van der Waals surface area contributed by atoms with Crippen LogP contribution in [-0.2, 0) is 0 Å². The first-order chi connectivity index (χ1) is 8.66. The Morgan fingerprint density at radius 3 is 2.28 bits per heavy atom. The average Bonchev–Trinajstić information content (AvgIpc) is 2.40. The molecule has 18 heavy (non-hydrogen) atoms. The van der Waals surface area contributed by atoms with Gasteiger partial charge >= 0.3 is 0 Å². The van der Waals surface area contributed by atoms with Crippen molar-refractivity contribution < 1.29 is 0 Å². The number of halogens is 1. The van der Waals surface area contributed by atoms with Crippen molar-refractivity contribution in [2.75, 3.05) is 0 Å². The van der Waals surface area contributed by atoms with Crippen LogP contribution >= 0.6 is 11.6 Å². The van der Waals surface area contributed by atoms with E-state index in [0.29, 0.717) is 5.84 Å². The third kappa shape index (κ3) is 3.11. The average molecular weight is 259 g/mol. The van der Waals surface area contributed by atoms with Gasteiger partial charge in [-0.3, -0.25) is 4.99 Å². The van der Waals surface area contributed by atoms with E-state index in [1.165, 1.54) is 0 Å². The summed E-state index contributed by atoms with van der Waals surface area (Å²) in [6, 6.07) is 17.4. The zero-order valence-electron chi connectivity index (χ0n) is 10.2. The van der Waals surface area contributed by atoms with Crippen LogP contribution in [0.5, 0.6) is 0 Å². The van der Waals surface area contributed by atoms with Crippen LogP contribution in [0.4, 0.5) is 0 Å². The van der Waals surface area contributed by atoms with Crippen LogP contribution in [0, 0.1) is 0 Å². The van der Waals surface area contributed by atoms with Crippen molar-refractivity contribution in [3.63, 3.8) is 0 Å². The quantitative estimate of drug-likeness (QED) is 0.660. The topological polar surface area (TPSA) is 38.4 Å². The van der Waals surface area contributed by atoms with Gasteiger partial charge in [0.05, 0.1) is 6.04 Å². The van der Waals surface area contributed by atoms with Crippen LogP contribution in [0.2, 0.25) is 5.02 Å². The van der Waals surface area contributed by atoms with Crippen LogP contribution < -0.4 is 5.73 Å². The summed E-state index contributed by atoms with van der Waals surface area (Å²) in [6.45, 7) is 2.01. The second kappa shape index (κ2) is 5.69. The second-order valence-corrected chi connectivity index (χ2v) is 4.54. The van der Waals surface area contributed by atoms with E-state index in [0.717, 1.165) is 16.1 Å². The Bertz CT molecular complexity index is 532. The predicted octanol–water partition coefficient (Wildman–Crippen LogP) is 3.81. The first-order valence-electron chi connectivity index (χ1n) is 5.81. The van der Waals surface area contributed by atoms with Crippen molar-refractivity contribution in [2.45, 2.75) is 13.0 Å². The molecule has 1 unspecified atom stereocenters. The number of hydrogen-bond acceptors (Lipinski definition) is 1. The summed E-state index contributed by atoms with van der Waals surface area (Å²) in [7, 11) is 0. The molecule has 0 amide bonds.